The lowest BCUT2D eigenvalue weighted by Crippen LogP contribution is -2.07. The smallest absolute Gasteiger partial charge is 0.334 e. The Bertz CT molecular complexity index is 226. The Morgan fingerprint density at radius 2 is 1.92 bits per heavy atom. The van der Waals surface area contributed by atoms with E-state index in [9.17, 15) is 14.0 Å². The molecule has 0 saturated heterocycles. The van der Waals surface area contributed by atoms with Gasteiger partial charge in [0.15, 0.2) is 0 Å². The Kier molecular flexibility index (Phi) is 4.62. The zero-order chi connectivity index (χ0) is 9.83. The van der Waals surface area contributed by atoms with Crippen LogP contribution in [0.1, 0.15) is 13.8 Å². The van der Waals surface area contributed by atoms with Gasteiger partial charge in [-0.15, -0.1) is 0 Å². The van der Waals surface area contributed by atoms with Gasteiger partial charge in [-0.25, -0.2) is 4.31 Å². The first-order valence-corrected chi connectivity index (χ1v) is 6.54. The fourth-order valence-electron chi connectivity index (χ4n) is 0.396. The van der Waals surface area contributed by atoms with E-state index in [0.29, 0.717) is 0 Å². The zero-order valence-corrected chi connectivity index (χ0v) is 8.59. The molecule has 0 amide bonds. The molecule has 0 saturated carbocycles. The summed E-state index contributed by atoms with van der Waals surface area (Å²) in [7, 11) is -8.62. The lowest BCUT2D eigenvalue weighted by atomic mass is 10.9. The maximum Gasteiger partial charge on any atom is 0.334 e. The van der Waals surface area contributed by atoms with Crippen molar-refractivity contribution in [2.24, 2.45) is 0 Å². The lowest BCUT2D eigenvalue weighted by molar-refractivity contribution is -0.216. The van der Waals surface area contributed by atoms with Crippen molar-refractivity contribution in [1.82, 2.24) is 0 Å². The fourth-order valence-corrected chi connectivity index (χ4v) is 2.61. The second kappa shape index (κ2) is 4.51. The highest BCUT2D eigenvalue weighted by molar-refractivity contribution is 7.63. The molecule has 0 heterocycles. The van der Waals surface area contributed by atoms with Crippen molar-refractivity contribution in [2.45, 2.75) is 13.8 Å². The van der Waals surface area contributed by atoms with Gasteiger partial charge in [-0.1, -0.05) is 6.92 Å². The summed E-state index contributed by atoms with van der Waals surface area (Å²) in [5.74, 6) is 0. The number of phosphoric ester groups is 1. The molecule has 0 aromatic rings. The van der Waals surface area contributed by atoms with Crippen LogP contribution in [0.4, 0.5) is 0 Å². The molecule has 0 rings (SSSR count). The van der Waals surface area contributed by atoms with Crippen molar-refractivity contribution in [2.75, 3.05) is 12.8 Å². The first kappa shape index (κ1) is 12.3. The third-order valence-corrected chi connectivity index (χ3v) is 4.11. The molecule has 0 fully saturated rings. The van der Waals surface area contributed by atoms with Crippen molar-refractivity contribution in [1.29, 1.82) is 0 Å². The van der Waals surface area contributed by atoms with Crippen LogP contribution in [0.15, 0.2) is 0 Å². The second-order valence-electron chi connectivity index (χ2n) is 1.90. The number of hydrogen-bond acceptors (Lipinski definition) is 5. The summed E-state index contributed by atoms with van der Waals surface area (Å²) in [5.41, 5.74) is 0. The minimum Gasteiger partial charge on any atom is -0.756 e. The highest BCUT2D eigenvalue weighted by atomic mass is 31.3. The lowest BCUT2D eigenvalue weighted by Gasteiger charge is -2.23. The summed E-state index contributed by atoms with van der Waals surface area (Å²) < 4.78 is 29.4. The SMILES string of the molecule is CCOP(=O)([O-])OP(=O)(O)CC. The molecular formula is C4H11O6P2-. The van der Waals surface area contributed by atoms with Crippen LogP contribution in [-0.4, -0.2) is 17.7 Å². The third kappa shape index (κ3) is 5.04. The van der Waals surface area contributed by atoms with E-state index in [-0.39, 0.29) is 12.8 Å². The molecule has 8 heteroatoms. The van der Waals surface area contributed by atoms with Crippen LogP contribution in [0.2, 0.25) is 0 Å². The van der Waals surface area contributed by atoms with E-state index in [0.717, 1.165) is 0 Å². The van der Waals surface area contributed by atoms with E-state index in [2.05, 4.69) is 8.83 Å². The minimum atomic E-state index is -4.59. The van der Waals surface area contributed by atoms with Crippen LogP contribution in [-0.2, 0) is 18.0 Å². The summed E-state index contributed by atoms with van der Waals surface area (Å²) in [4.78, 5) is 19.4. The van der Waals surface area contributed by atoms with Crippen LogP contribution < -0.4 is 4.89 Å². The number of phosphoric acid groups is 1. The Hall–Kier alpha value is 0.300. The molecule has 0 aromatic heterocycles. The summed E-state index contributed by atoms with van der Waals surface area (Å²) in [6.45, 7) is 2.65. The van der Waals surface area contributed by atoms with Crippen molar-refractivity contribution in [3.8, 4) is 0 Å². The van der Waals surface area contributed by atoms with Gasteiger partial charge < -0.3 is 14.3 Å². The Morgan fingerprint density at radius 3 is 2.25 bits per heavy atom. The van der Waals surface area contributed by atoms with Gasteiger partial charge in [-0.3, -0.25) is 9.13 Å². The fraction of sp³-hybridized carbons (Fsp3) is 1.00. The molecule has 0 aliphatic heterocycles. The number of hydrogen-bond donors (Lipinski definition) is 1. The average Bonchev–Trinajstić information content (AvgIpc) is 1.85. The van der Waals surface area contributed by atoms with Gasteiger partial charge in [-0.05, 0) is 6.92 Å². The summed E-state index contributed by atoms with van der Waals surface area (Å²) in [6, 6.07) is 0. The van der Waals surface area contributed by atoms with E-state index in [1.165, 1.54) is 13.8 Å². The predicted molar refractivity (Wildman–Crippen MR) is 40.7 cm³/mol. The quantitative estimate of drug-likeness (QED) is 0.681. The largest absolute Gasteiger partial charge is 0.756 e. The first-order valence-electron chi connectivity index (χ1n) is 3.31. The van der Waals surface area contributed by atoms with Gasteiger partial charge in [-0.2, -0.15) is 0 Å². The Morgan fingerprint density at radius 1 is 1.42 bits per heavy atom. The molecule has 0 aliphatic rings. The van der Waals surface area contributed by atoms with Gasteiger partial charge in [0, 0.05) is 6.16 Å². The second-order valence-corrected chi connectivity index (χ2v) is 5.61. The van der Waals surface area contributed by atoms with E-state index in [1.54, 1.807) is 0 Å². The van der Waals surface area contributed by atoms with Crippen LogP contribution >= 0.6 is 15.4 Å². The third-order valence-electron chi connectivity index (χ3n) is 0.914. The van der Waals surface area contributed by atoms with E-state index in [1.807, 2.05) is 0 Å². The monoisotopic (exact) mass is 217 g/mol. The molecule has 1 N–H and O–H groups in total. The maximum absolute atomic E-state index is 10.8. The molecule has 0 spiro atoms. The molecule has 2 unspecified atom stereocenters. The highest BCUT2D eigenvalue weighted by Crippen LogP contribution is 2.56. The Labute approximate surface area is 70.7 Å². The first-order chi connectivity index (χ1) is 5.33. The van der Waals surface area contributed by atoms with Crippen LogP contribution in [0.25, 0.3) is 0 Å². The van der Waals surface area contributed by atoms with Gasteiger partial charge in [0.2, 0.25) is 0 Å². The molecule has 0 aliphatic carbocycles. The molecular weight excluding hydrogens is 206 g/mol. The summed E-state index contributed by atoms with van der Waals surface area (Å²) in [5, 5.41) is 0. The van der Waals surface area contributed by atoms with Crippen LogP contribution in [0.3, 0.4) is 0 Å². The number of rotatable bonds is 5. The highest BCUT2D eigenvalue weighted by Gasteiger charge is 2.23. The van der Waals surface area contributed by atoms with Gasteiger partial charge in [0.25, 0.3) is 7.82 Å². The molecule has 6 nitrogen and oxygen atoms in total. The normalized spacial score (nSPS) is 21.3. The topological polar surface area (TPSA) is 95.9 Å². The van der Waals surface area contributed by atoms with Crippen molar-refractivity contribution in [3.05, 3.63) is 0 Å². The summed E-state index contributed by atoms with van der Waals surface area (Å²) >= 11 is 0. The Balaban J connectivity index is 4.24. The molecule has 0 bridgehead atoms. The van der Waals surface area contributed by atoms with E-state index >= 15 is 0 Å². The van der Waals surface area contributed by atoms with E-state index in [4.69, 9.17) is 4.89 Å². The van der Waals surface area contributed by atoms with E-state index < -0.39 is 15.4 Å². The van der Waals surface area contributed by atoms with Gasteiger partial charge >= 0.3 is 7.60 Å². The van der Waals surface area contributed by atoms with Gasteiger partial charge in [0.05, 0.1) is 6.61 Å². The minimum absolute atomic E-state index is 0.121. The molecule has 0 radical (unpaired) electrons. The average molecular weight is 217 g/mol. The van der Waals surface area contributed by atoms with Crippen LogP contribution in [0.5, 0.6) is 0 Å². The van der Waals surface area contributed by atoms with Crippen molar-refractivity contribution < 1.29 is 27.8 Å². The molecule has 12 heavy (non-hydrogen) atoms. The maximum atomic E-state index is 10.8. The van der Waals surface area contributed by atoms with Gasteiger partial charge in [0.1, 0.15) is 0 Å². The molecule has 0 aromatic carbocycles. The predicted octanol–water partition coefficient (Wildman–Crippen LogP) is 0.713. The standard InChI is InChI=1S/C4H12O6P2/c1-3-9-12(7,8)10-11(5,6)4-2/h3-4H2,1-2H3,(H,5,6)(H,7,8)/p-1. The summed E-state index contributed by atoms with van der Waals surface area (Å²) in [6.07, 6.45) is -0.272. The van der Waals surface area contributed by atoms with Crippen molar-refractivity contribution in [3.63, 3.8) is 0 Å². The molecule has 74 valence electrons. The van der Waals surface area contributed by atoms with Crippen LogP contribution in [0, 0.1) is 0 Å². The zero-order valence-electron chi connectivity index (χ0n) is 6.80. The molecule has 2 atom stereocenters. The van der Waals surface area contributed by atoms with Crippen molar-refractivity contribution >= 4 is 15.4 Å².